The Morgan fingerprint density at radius 2 is 2.20 bits per heavy atom. The summed E-state index contributed by atoms with van der Waals surface area (Å²) in [5.74, 6) is 0.725. The van der Waals surface area contributed by atoms with Crippen LogP contribution in [0.15, 0.2) is 33.3 Å². The van der Waals surface area contributed by atoms with E-state index in [0.717, 1.165) is 16.5 Å². The monoisotopic (exact) mass is 222 g/mol. The van der Waals surface area contributed by atoms with Crippen LogP contribution in [0.5, 0.6) is 0 Å². The summed E-state index contributed by atoms with van der Waals surface area (Å²) in [6.07, 6.45) is 4.94. The zero-order valence-corrected chi connectivity index (χ0v) is 9.21. The van der Waals surface area contributed by atoms with Crippen LogP contribution in [-0.2, 0) is 0 Å². The van der Waals surface area contributed by atoms with E-state index in [1.165, 1.54) is 11.8 Å². The summed E-state index contributed by atoms with van der Waals surface area (Å²) in [7, 11) is 1.80. The third-order valence-corrected chi connectivity index (χ3v) is 2.43. The smallest absolute Gasteiger partial charge is 0.262 e. The number of aryl methyl sites for hydroxylation is 1. The van der Waals surface area contributed by atoms with Crippen LogP contribution in [0.3, 0.4) is 0 Å². The van der Waals surface area contributed by atoms with Crippen molar-refractivity contribution >= 4 is 17.6 Å². The van der Waals surface area contributed by atoms with Crippen molar-refractivity contribution in [2.75, 3.05) is 12.4 Å². The van der Waals surface area contributed by atoms with Gasteiger partial charge in [0.1, 0.15) is 17.1 Å². The highest BCUT2D eigenvalue weighted by molar-refractivity contribution is 7.99. The van der Waals surface area contributed by atoms with Gasteiger partial charge in [-0.1, -0.05) is 0 Å². The zero-order chi connectivity index (χ0) is 10.7. The number of hydrogen-bond donors (Lipinski definition) is 1. The summed E-state index contributed by atoms with van der Waals surface area (Å²) in [6.45, 7) is 1.88. The Kier molecular flexibility index (Phi) is 2.86. The van der Waals surface area contributed by atoms with Crippen LogP contribution >= 0.6 is 11.8 Å². The second-order valence-corrected chi connectivity index (χ2v) is 3.82. The average molecular weight is 222 g/mol. The van der Waals surface area contributed by atoms with E-state index in [4.69, 9.17) is 4.42 Å². The molecule has 0 unspecified atom stereocenters. The first-order chi connectivity index (χ1) is 7.28. The van der Waals surface area contributed by atoms with Gasteiger partial charge in [-0.3, -0.25) is 4.98 Å². The number of aromatic nitrogens is 3. The molecule has 78 valence electrons. The summed E-state index contributed by atoms with van der Waals surface area (Å²) < 4.78 is 5.21. The highest BCUT2D eigenvalue weighted by Crippen LogP contribution is 2.24. The molecule has 2 rings (SSSR count). The second kappa shape index (κ2) is 4.31. The van der Waals surface area contributed by atoms with Crippen LogP contribution in [0.2, 0.25) is 0 Å². The van der Waals surface area contributed by atoms with Crippen LogP contribution in [0, 0.1) is 6.92 Å². The number of rotatable bonds is 3. The molecule has 0 bridgehead atoms. The molecule has 1 N–H and O–H groups in total. The number of oxazole rings is 1. The average Bonchev–Trinajstić information content (AvgIpc) is 2.64. The van der Waals surface area contributed by atoms with Crippen LogP contribution in [0.4, 0.5) is 5.82 Å². The first kappa shape index (κ1) is 9.97. The van der Waals surface area contributed by atoms with Gasteiger partial charge in [0.2, 0.25) is 0 Å². The van der Waals surface area contributed by atoms with Crippen molar-refractivity contribution in [3.63, 3.8) is 0 Å². The predicted molar refractivity (Wildman–Crippen MR) is 56.9 cm³/mol. The molecule has 0 saturated heterocycles. The van der Waals surface area contributed by atoms with E-state index in [2.05, 4.69) is 20.3 Å². The lowest BCUT2D eigenvalue weighted by Gasteiger charge is -1.99. The lowest BCUT2D eigenvalue weighted by Crippen LogP contribution is -1.93. The van der Waals surface area contributed by atoms with Gasteiger partial charge < -0.3 is 9.73 Å². The van der Waals surface area contributed by atoms with Crippen molar-refractivity contribution in [3.8, 4) is 0 Å². The number of hydrogen-bond acceptors (Lipinski definition) is 6. The van der Waals surface area contributed by atoms with Crippen LogP contribution < -0.4 is 5.32 Å². The molecule has 2 aromatic heterocycles. The van der Waals surface area contributed by atoms with E-state index >= 15 is 0 Å². The third kappa shape index (κ3) is 2.47. The highest BCUT2D eigenvalue weighted by atomic mass is 32.2. The summed E-state index contributed by atoms with van der Waals surface area (Å²) in [6, 6.07) is 0. The highest BCUT2D eigenvalue weighted by Gasteiger charge is 2.05. The van der Waals surface area contributed by atoms with Gasteiger partial charge in [-0.2, -0.15) is 0 Å². The van der Waals surface area contributed by atoms with Gasteiger partial charge in [0.05, 0.1) is 18.1 Å². The minimum absolute atomic E-state index is 0.579. The summed E-state index contributed by atoms with van der Waals surface area (Å²) in [5, 5.41) is 4.25. The van der Waals surface area contributed by atoms with Gasteiger partial charge in [0, 0.05) is 7.05 Å². The maximum absolute atomic E-state index is 5.21. The van der Waals surface area contributed by atoms with Crippen molar-refractivity contribution in [1.82, 2.24) is 15.0 Å². The molecule has 2 heterocycles. The first-order valence-electron chi connectivity index (χ1n) is 4.37. The lowest BCUT2D eigenvalue weighted by atomic mass is 10.6. The lowest BCUT2D eigenvalue weighted by molar-refractivity contribution is 0.453. The van der Waals surface area contributed by atoms with Gasteiger partial charge in [-0.15, -0.1) is 0 Å². The number of nitrogens with zero attached hydrogens (tertiary/aromatic N) is 3. The van der Waals surface area contributed by atoms with Crippen molar-refractivity contribution in [2.45, 2.75) is 17.2 Å². The Morgan fingerprint density at radius 1 is 1.33 bits per heavy atom. The summed E-state index contributed by atoms with van der Waals surface area (Å²) >= 11 is 1.35. The molecule has 15 heavy (non-hydrogen) atoms. The molecule has 0 aliphatic carbocycles. The van der Waals surface area contributed by atoms with Gasteiger partial charge >= 0.3 is 0 Å². The predicted octanol–water partition coefficient (Wildman–Crippen LogP) is 1.97. The Hall–Kier alpha value is -1.56. The van der Waals surface area contributed by atoms with Gasteiger partial charge in [0.25, 0.3) is 5.22 Å². The van der Waals surface area contributed by atoms with Gasteiger partial charge in [0.15, 0.2) is 0 Å². The van der Waals surface area contributed by atoms with Crippen LogP contribution in [0.1, 0.15) is 5.69 Å². The van der Waals surface area contributed by atoms with Crippen molar-refractivity contribution in [1.29, 1.82) is 0 Å². The Balaban J connectivity index is 2.16. The SMILES string of the molecule is CNc1cncc(Sc2nc(C)co2)n1. The normalized spacial score (nSPS) is 10.3. The topological polar surface area (TPSA) is 63.8 Å². The molecule has 0 aliphatic heterocycles. The second-order valence-electron chi connectivity index (χ2n) is 2.85. The molecule has 0 fully saturated rings. The number of nitrogens with one attached hydrogen (secondary N) is 1. The van der Waals surface area contributed by atoms with Gasteiger partial charge in [-0.05, 0) is 18.7 Å². The van der Waals surface area contributed by atoms with Crippen molar-refractivity contribution in [2.24, 2.45) is 0 Å². The fourth-order valence-corrected chi connectivity index (χ4v) is 1.71. The molecule has 0 atom stereocenters. The van der Waals surface area contributed by atoms with Crippen molar-refractivity contribution < 1.29 is 4.42 Å². The quantitative estimate of drug-likeness (QED) is 0.856. The van der Waals surface area contributed by atoms with E-state index in [-0.39, 0.29) is 0 Å². The maximum Gasteiger partial charge on any atom is 0.262 e. The van der Waals surface area contributed by atoms with Crippen LogP contribution in [-0.4, -0.2) is 22.0 Å². The molecular weight excluding hydrogens is 212 g/mol. The largest absolute Gasteiger partial charge is 0.439 e. The zero-order valence-electron chi connectivity index (χ0n) is 8.39. The molecule has 0 spiro atoms. The molecular formula is C9H10N4OS. The van der Waals surface area contributed by atoms with E-state index in [1.807, 2.05) is 6.92 Å². The Bertz CT molecular complexity index is 457. The maximum atomic E-state index is 5.21. The van der Waals surface area contributed by atoms with Crippen molar-refractivity contribution in [3.05, 3.63) is 24.4 Å². The third-order valence-electron chi connectivity index (χ3n) is 1.66. The van der Waals surface area contributed by atoms with Crippen LogP contribution in [0.25, 0.3) is 0 Å². The standard InChI is InChI=1S/C9H10N4OS/c1-6-5-14-9(12-6)15-8-4-11-3-7(10-2)13-8/h3-5H,1-2H3,(H,10,13). The minimum atomic E-state index is 0.579. The molecule has 0 amide bonds. The molecule has 6 heteroatoms. The first-order valence-corrected chi connectivity index (χ1v) is 5.19. The Morgan fingerprint density at radius 3 is 2.87 bits per heavy atom. The van der Waals surface area contributed by atoms with Gasteiger partial charge in [-0.25, -0.2) is 9.97 Å². The molecule has 0 aromatic carbocycles. The number of anilines is 1. The molecule has 2 aromatic rings. The van der Waals surface area contributed by atoms with E-state index < -0.39 is 0 Å². The molecule has 5 nitrogen and oxygen atoms in total. The van der Waals surface area contributed by atoms with E-state index in [9.17, 15) is 0 Å². The molecule has 0 radical (unpaired) electrons. The molecule has 0 saturated carbocycles. The Labute approximate surface area is 91.3 Å². The summed E-state index contributed by atoms with van der Waals surface area (Å²) in [4.78, 5) is 12.5. The molecule has 0 aliphatic rings. The minimum Gasteiger partial charge on any atom is -0.439 e. The fraction of sp³-hybridized carbons (Fsp3) is 0.222. The van der Waals surface area contributed by atoms with E-state index in [1.54, 1.807) is 25.7 Å². The fourth-order valence-electron chi connectivity index (χ4n) is 0.986. The summed E-state index contributed by atoms with van der Waals surface area (Å²) in [5.41, 5.74) is 0.857. The van der Waals surface area contributed by atoms with E-state index in [0.29, 0.717) is 5.22 Å².